The Labute approximate surface area is 71.8 Å². The zero-order chi connectivity index (χ0) is 7.40. The van der Waals surface area contributed by atoms with Gasteiger partial charge in [-0.1, -0.05) is 9.76 Å². The first-order valence-electron chi connectivity index (χ1n) is 2.61. The van der Waals surface area contributed by atoms with Gasteiger partial charge in [0.05, 0.1) is 22.9 Å². The second kappa shape index (κ2) is 3.72. The van der Waals surface area contributed by atoms with Crippen LogP contribution in [-0.4, -0.2) is 0 Å². The van der Waals surface area contributed by atoms with E-state index in [0.717, 1.165) is 0 Å². The Morgan fingerprint density at radius 3 is 2.90 bits per heavy atom. The molecule has 0 atom stereocenters. The van der Waals surface area contributed by atoms with Gasteiger partial charge in [0.25, 0.3) is 0 Å². The van der Waals surface area contributed by atoms with Gasteiger partial charge in [-0.05, 0) is 12.1 Å². The SMILES string of the molecule is Fc1cccc(ONI)c1. The Kier molecular flexibility index (Phi) is 2.88. The molecule has 4 heteroatoms. The van der Waals surface area contributed by atoms with Crippen LogP contribution < -0.4 is 8.53 Å². The van der Waals surface area contributed by atoms with E-state index < -0.39 is 0 Å². The van der Waals surface area contributed by atoms with E-state index in [-0.39, 0.29) is 5.82 Å². The van der Waals surface area contributed by atoms with Crippen LogP contribution in [0.4, 0.5) is 4.39 Å². The van der Waals surface area contributed by atoms with E-state index in [4.69, 9.17) is 4.84 Å². The molecule has 0 amide bonds. The fraction of sp³-hybridized carbons (Fsp3) is 0. The number of hydrogen-bond donors (Lipinski definition) is 1. The number of hydrogen-bond acceptors (Lipinski definition) is 2. The molecule has 1 N–H and O–H groups in total. The minimum absolute atomic E-state index is 0.302. The monoisotopic (exact) mass is 253 g/mol. The first-order chi connectivity index (χ1) is 4.83. The number of benzene rings is 1. The summed E-state index contributed by atoms with van der Waals surface area (Å²) in [5, 5.41) is 0. The minimum atomic E-state index is -0.302. The zero-order valence-electron chi connectivity index (χ0n) is 4.97. The average Bonchev–Trinajstić information content (AvgIpc) is 1.88. The van der Waals surface area contributed by atoms with Crippen molar-refractivity contribution in [2.45, 2.75) is 0 Å². The van der Waals surface area contributed by atoms with Gasteiger partial charge in [-0.15, -0.1) is 0 Å². The van der Waals surface area contributed by atoms with Gasteiger partial charge in [-0.2, -0.15) is 0 Å². The van der Waals surface area contributed by atoms with Crippen LogP contribution in [0.1, 0.15) is 0 Å². The second-order valence-corrected chi connectivity index (χ2v) is 2.08. The van der Waals surface area contributed by atoms with Crippen molar-refractivity contribution < 1.29 is 9.23 Å². The molecule has 0 saturated carbocycles. The molecule has 0 fully saturated rings. The smallest absolute Gasteiger partial charge is 0.151 e. The highest BCUT2D eigenvalue weighted by atomic mass is 127. The highest BCUT2D eigenvalue weighted by Gasteiger charge is 1.92. The Balaban J connectivity index is 2.75. The molecule has 0 heterocycles. The van der Waals surface area contributed by atoms with Crippen LogP contribution in [-0.2, 0) is 0 Å². The van der Waals surface area contributed by atoms with E-state index in [9.17, 15) is 4.39 Å². The third kappa shape index (κ3) is 2.11. The molecule has 1 aromatic rings. The first kappa shape index (κ1) is 7.74. The summed E-state index contributed by atoms with van der Waals surface area (Å²) in [6.45, 7) is 0. The predicted octanol–water partition coefficient (Wildman–Crippen LogP) is 2.06. The summed E-state index contributed by atoms with van der Waals surface area (Å²) < 4.78 is 14.8. The van der Waals surface area contributed by atoms with E-state index in [1.807, 2.05) is 22.9 Å². The van der Waals surface area contributed by atoms with Gasteiger partial charge in [0.2, 0.25) is 0 Å². The lowest BCUT2D eigenvalue weighted by Crippen LogP contribution is -2.02. The number of rotatable bonds is 2. The summed E-state index contributed by atoms with van der Waals surface area (Å²) in [6, 6.07) is 5.90. The Bertz CT molecular complexity index is 219. The van der Waals surface area contributed by atoms with Crippen molar-refractivity contribution in [3.63, 3.8) is 0 Å². The molecular weight excluding hydrogens is 248 g/mol. The van der Waals surface area contributed by atoms with E-state index in [2.05, 4.69) is 3.69 Å². The van der Waals surface area contributed by atoms with Crippen LogP contribution in [0.5, 0.6) is 5.75 Å². The van der Waals surface area contributed by atoms with Crippen LogP contribution in [0.15, 0.2) is 24.3 Å². The lowest BCUT2D eigenvalue weighted by molar-refractivity contribution is 0.300. The zero-order valence-corrected chi connectivity index (χ0v) is 7.13. The van der Waals surface area contributed by atoms with Crippen LogP contribution in [0.3, 0.4) is 0 Å². The van der Waals surface area contributed by atoms with Gasteiger partial charge in [0.15, 0.2) is 5.75 Å². The van der Waals surface area contributed by atoms with Crippen LogP contribution in [0.2, 0.25) is 0 Å². The maximum absolute atomic E-state index is 12.4. The molecule has 0 bridgehead atoms. The molecule has 0 unspecified atom stereocenters. The standard InChI is InChI=1S/C6H5FINO/c7-5-2-1-3-6(4-5)10-9-8/h1-4,9H. The van der Waals surface area contributed by atoms with Gasteiger partial charge < -0.3 is 4.84 Å². The first-order valence-corrected chi connectivity index (χ1v) is 3.69. The molecule has 0 spiro atoms. The summed E-state index contributed by atoms with van der Waals surface area (Å²) in [4.78, 5) is 4.78. The molecule has 0 aliphatic carbocycles. The van der Waals surface area contributed by atoms with Gasteiger partial charge in [0, 0.05) is 6.07 Å². The topological polar surface area (TPSA) is 21.3 Å². The highest BCUT2D eigenvalue weighted by Crippen LogP contribution is 2.10. The molecule has 10 heavy (non-hydrogen) atoms. The van der Waals surface area contributed by atoms with Crippen LogP contribution in [0, 0.1) is 5.82 Å². The fourth-order valence-corrected chi connectivity index (χ4v) is 0.829. The predicted molar refractivity (Wildman–Crippen MR) is 44.2 cm³/mol. The highest BCUT2D eigenvalue weighted by molar-refractivity contribution is 14.1. The van der Waals surface area contributed by atoms with Gasteiger partial charge >= 0.3 is 0 Å². The van der Waals surface area contributed by atoms with Crippen LogP contribution >= 0.6 is 22.9 Å². The van der Waals surface area contributed by atoms with Crippen molar-refractivity contribution in [3.05, 3.63) is 30.1 Å². The molecule has 0 aliphatic rings. The molecule has 0 radical (unpaired) electrons. The van der Waals surface area contributed by atoms with Crippen molar-refractivity contribution in [2.75, 3.05) is 0 Å². The van der Waals surface area contributed by atoms with Crippen molar-refractivity contribution in [2.24, 2.45) is 0 Å². The van der Waals surface area contributed by atoms with E-state index >= 15 is 0 Å². The van der Waals surface area contributed by atoms with Gasteiger partial charge in [-0.3, -0.25) is 0 Å². The third-order valence-electron chi connectivity index (χ3n) is 0.953. The number of nitrogens with one attached hydrogen (secondary N) is 1. The van der Waals surface area contributed by atoms with Crippen molar-refractivity contribution in [3.8, 4) is 5.75 Å². The normalized spacial score (nSPS) is 9.40. The average molecular weight is 253 g/mol. The molecule has 2 nitrogen and oxygen atoms in total. The maximum atomic E-state index is 12.4. The summed E-state index contributed by atoms with van der Waals surface area (Å²) in [5.41, 5.74) is 0. The lowest BCUT2D eigenvalue weighted by Gasteiger charge is -1.98. The molecule has 0 aromatic heterocycles. The van der Waals surface area contributed by atoms with Crippen molar-refractivity contribution in [1.82, 2.24) is 3.69 Å². The van der Waals surface area contributed by atoms with Crippen LogP contribution in [0.25, 0.3) is 0 Å². The Morgan fingerprint density at radius 1 is 1.50 bits per heavy atom. The Morgan fingerprint density at radius 2 is 2.30 bits per heavy atom. The summed E-state index contributed by atoms with van der Waals surface area (Å²) in [6.07, 6.45) is 0. The maximum Gasteiger partial charge on any atom is 0.151 e. The second-order valence-electron chi connectivity index (χ2n) is 1.64. The summed E-state index contributed by atoms with van der Waals surface area (Å²) in [5.74, 6) is 0.165. The Hall–Kier alpha value is -0.360. The van der Waals surface area contributed by atoms with Gasteiger partial charge in [-0.25, -0.2) is 4.39 Å². The minimum Gasteiger partial charge on any atom is -0.399 e. The molecule has 0 aliphatic heterocycles. The van der Waals surface area contributed by atoms with E-state index in [1.54, 1.807) is 12.1 Å². The largest absolute Gasteiger partial charge is 0.399 e. The lowest BCUT2D eigenvalue weighted by atomic mass is 10.3. The summed E-state index contributed by atoms with van der Waals surface area (Å²) in [7, 11) is 0. The van der Waals surface area contributed by atoms with E-state index in [1.165, 1.54) is 12.1 Å². The quantitative estimate of drug-likeness (QED) is 0.494. The van der Waals surface area contributed by atoms with E-state index in [0.29, 0.717) is 5.75 Å². The molecule has 1 aromatic carbocycles. The molecule has 54 valence electrons. The molecule has 1 rings (SSSR count). The summed E-state index contributed by atoms with van der Waals surface area (Å²) >= 11 is 1.81. The molecule has 0 saturated heterocycles. The third-order valence-corrected chi connectivity index (χ3v) is 1.17. The fourth-order valence-electron chi connectivity index (χ4n) is 0.575. The number of halogens is 2. The van der Waals surface area contributed by atoms with Gasteiger partial charge in [0.1, 0.15) is 5.82 Å². The van der Waals surface area contributed by atoms with Crippen molar-refractivity contribution >= 4 is 22.9 Å². The van der Waals surface area contributed by atoms with Crippen molar-refractivity contribution in [1.29, 1.82) is 0 Å². The molecular formula is C6H5FINO.